The van der Waals surface area contributed by atoms with Crippen LogP contribution in [-0.2, 0) is 11.1 Å². The van der Waals surface area contributed by atoms with Crippen molar-refractivity contribution < 1.29 is 8.76 Å². The van der Waals surface area contributed by atoms with Gasteiger partial charge in [0.2, 0.25) is 0 Å². The summed E-state index contributed by atoms with van der Waals surface area (Å²) in [4.78, 5) is 0.0949. The molecular formula is C4H7N2O2S-. The molecule has 0 radical (unpaired) electrons. The van der Waals surface area contributed by atoms with Crippen LogP contribution in [0.3, 0.4) is 0 Å². The first kappa shape index (κ1) is 8.32. The topological polar surface area (TPSA) is 78.5 Å². The molecular weight excluding hydrogens is 140 g/mol. The van der Waals surface area contributed by atoms with Crippen LogP contribution in [0.5, 0.6) is 0 Å². The van der Waals surface area contributed by atoms with Crippen LogP contribution in [0.2, 0.25) is 0 Å². The SMILES string of the molecule is C/C=C(\C=N/N)S(=O)[O-]. The van der Waals surface area contributed by atoms with E-state index in [0.29, 0.717) is 0 Å². The Morgan fingerprint density at radius 2 is 2.44 bits per heavy atom. The van der Waals surface area contributed by atoms with E-state index < -0.39 is 11.1 Å². The third-order valence-corrected chi connectivity index (χ3v) is 1.40. The molecule has 1 unspecified atom stereocenters. The molecule has 0 aliphatic carbocycles. The summed E-state index contributed by atoms with van der Waals surface area (Å²) in [6.45, 7) is 1.59. The van der Waals surface area contributed by atoms with E-state index in [1.165, 1.54) is 6.08 Å². The highest BCUT2D eigenvalue weighted by Crippen LogP contribution is 1.92. The molecule has 0 saturated heterocycles. The Balaban J connectivity index is 4.19. The minimum Gasteiger partial charge on any atom is -0.768 e. The van der Waals surface area contributed by atoms with Gasteiger partial charge in [0.15, 0.2) is 0 Å². The Morgan fingerprint density at radius 3 is 2.56 bits per heavy atom. The number of nitrogens with zero attached hydrogens (tertiary/aromatic N) is 1. The highest BCUT2D eigenvalue weighted by molar-refractivity contribution is 7.84. The number of hydrogen-bond donors (Lipinski definition) is 1. The quantitative estimate of drug-likeness (QED) is 0.252. The van der Waals surface area contributed by atoms with Crippen molar-refractivity contribution in [2.24, 2.45) is 10.9 Å². The molecule has 0 aliphatic heterocycles. The molecule has 0 rings (SSSR count). The molecule has 52 valence electrons. The number of allylic oxidation sites excluding steroid dienone is 2. The van der Waals surface area contributed by atoms with Gasteiger partial charge in [0.1, 0.15) is 0 Å². The van der Waals surface area contributed by atoms with Gasteiger partial charge in [0.05, 0.1) is 6.21 Å². The van der Waals surface area contributed by atoms with Crippen LogP contribution in [0.15, 0.2) is 16.1 Å². The highest BCUT2D eigenvalue weighted by Gasteiger charge is 1.86. The Hall–Kier alpha value is -0.680. The van der Waals surface area contributed by atoms with Crippen LogP contribution < -0.4 is 5.84 Å². The molecule has 0 heterocycles. The van der Waals surface area contributed by atoms with Crippen molar-refractivity contribution in [2.45, 2.75) is 6.92 Å². The van der Waals surface area contributed by atoms with Crippen molar-refractivity contribution in [3.05, 3.63) is 11.0 Å². The summed E-state index contributed by atoms with van der Waals surface area (Å²) in [6, 6.07) is 0. The Morgan fingerprint density at radius 1 is 1.89 bits per heavy atom. The van der Waals surface area contributed by atoms with Crippen molar-refractivity contribution in [1.29, 1.82) is 0 Å². The average Bonchev–Trinajstić information content (AvgIpc) is 1.82. The van der Waals surface area contributed by atoms with Crippen LogP contribution in [0, 0.1) is 0 Å². The van der Waals surface area contributed by atoms with Gasteiger partial charge in [0.25, 0.3) is 0 Å². The van der Waals surface area contributed by atoms with Gasteiger partial charge in [0, 0.05) is 4.91 Å². The summed E-state index contributed by atoms with van der Waals surface area (Å²) < 4.78 is 20.2. The van der Waals surface area contributed by atoms with Gasteiger partial charge in [-0.05, 0) is 18.0 Å². The molecule has 0 aliphatic rings. The molecule has 2 N–H and O–H groups in total. The van der Waals surface area contributed by atoms with E-state index >= 15 is 0 Å². The maximum Gasteiger partial charge on any atom is 0.0612 e. The lowest BCUT2D eigenvalue weighted by molar-refractivity contribution is 0.545. The molecule has 0 fully saturated rings. The van der Waals surface area contributed by atoms with Crippen molar-refractivity contribution in [3.8, 4) is 0 Å². The lowest BCUT2D eigenvalue weighted by atomic mass is 10.6. The second-order valence-electron chi connectivity index (χ2n) is 1.20. The number of rotatable bonds is 2. The summed E-state index contributed by atoms with van der Waals surface area (Å²) in [7, 11) is 0. The second-order valence-corrected chi connectivity index (χ2v) is 2.14. The van der Waals surface area contributed by atoms with Crippen molar-refractivity contribution in [2.75, 3.05) is 0 Å². The van der Waals surface area contributed by atoms with Gasteiger partial charge in [-0.15, -0.1) is 0 Å². The van der Waals surface area contributed by atoms with E-state index in [1.54, 1.807) is 6.92 Å². The normalized spacial score (nSPS) is 16.4. The van der Waals surface area contributed by atoms with Crippen molar-refractivity contribution in [1.82, 2.24) is 0 Å². The molecule has 1 atom stereocenters. The average molecular weight is 147 g/mol. The molecule has 0 spiro atoms. The molecule has 4 nitrogen and oxygen atoms in total. The number of hydrazone groups is 1. The first-order chi connectivity index (χ1) is 4.22. The molecule has 0 saturated carbocycles. The van der Waals surface area contributed by atoms with E-state index in [0.717, 1.165) is 6.21 Å². The molecule has 0 aromatic carbocycles. The molecule has 0 amide bonds. The van der Waals surface area contributed by atoms with E-state index in [-0.39, 0.29) is 4.91 Å². The fourth-order valence-corrected chi connectivity index (χ4v) is 0.627. The molecule has 9 heavy (non-hydrogen) atoms. The van der Waals surface area contributed by atoms with Crippen molar-refractivity contribution >= 4 is 17.3 Å². The summed E-state index contributed by atoms with van der Waals surface area (Å²) in [5, 5.41) is 3.04. The third-order valence-electron chi connectivity index (χ3n) is 0.679. The predicted molar refractivity (Wildman–Crippen MR) is 35.4 cm³/mol. The first-order valence-corrected chi connectivity index (χ1v) is 3.28. The van der Waals surface area contributed by atoms with E-state index in [2.05, 4.69) is 5.10 Å². The fraction of sp³-hybridized carbons (Fsp3) is 0.250. The smallest absolute Gasteiger partial charge is 0.0612 e. The largest absolute Gasteiger partial charge is 0.768 e. The van der Waals surface area contributed by atoms with E-state index in [1.807, 2.05) is 0 Å². The number of nitrogens with two attached hydrogens (primary N) is 1. The second kappa shape index (κ2) is 4.22. The predicted octanol–water partition coefficient (Wildman–Crippen LogP) is -0.286. The van der Waals surface area contributed by atoms with Gasteiger partial charge in [-0.25, -0.2) is 0 Å². The maximum atomic E-state index is 10.1. The van der Waals surface area contributed by atoms with Crippen LogP contribution >= 0.6 is 0 Å². The highest BCUT2D eigenvalue weighted by atomic mass is 32.2. The molecule has 5 heteroatoms. The van der Waals surface area contributed by atoms with Gasteiger partial charge in [-0.2, -0.15) is 5.10 Å². The van der Waals surface area contributed by atoms with Gasteiger partial charge in [-0.3, -0.25) is 4.21 Å². The van der Waals surface area contributed by atoms with Crippen LogP contribution in [-0.4, -0.2) is 15.0 Å². The summed E-state index contributed by atoms with van der Waals surface area (Å²) >= 11 is -2.22. The summed E-state index contributed by atoms with van der Waals surface area (Å²) in [5.74, 6) is 4.70. The Labute approximate surface area is 55.7 Å². The fourth-order valence-electron chi connectivity index (χ4n) is 0.287. The van der Waals surface area contributed by atoms with Crippen molar-refractivity contribution in [3.63, 3.8) is 0 Å². The van der Waals surface area contributed by atoms with Crippen LogP contribution in [0.1, 0.15) is 6.92 Å². The van der Waals surface area contributed by atoms with Gasteiger partial charge < -0.3 is 10.4 Å². The lowest BCUT2D eigenvalue weighted by Crippen LogP contribution is -1.95. The molecule has 0 bridgehead atoms. The van der Waals surface area contributed by atoms with E-state index in [4.69, 9.17) is 5.84 Å². The summed E-state index contributed by atoms with van der Waals surface area (Å²) in [5.41, 5.74) is 0. The monoisotopic (exact) mass is 147 g/mol. The molecule has 0 aromatic rings. The summed E-state index contributed by atoms with van der Waals surface area (Å²) in [6.07, 6.45) is 2.47. The molecule has 0 aromatic heterocycles. The number of hydrogen-bond acceptors (Lipinski definition) is 4. The van der Waals surface area contributed by atoms with Crippen LogP contribution in [0.25, 0.3) is 0 Å². The zero-order valence-corrected chi connectivity index (χ0v) is 5.72. The van der Waals surface area contributed by atoms with Gasteiger partial charge >= 0.3 is 0 Å². The standard InChI is InChI=1S/C4H8N2O2S/c1-2-4(3-6-5)9(7)8/h2-3H,5H2,1H3,(H,7,8)/p-1/b4-2+,6-3-. The minimum absolute atomic E-state index is 0.0949. The third kappa shape index (κ3) is 2.99. The maximum absolute atomic E-state index is 10.1. The van der Waals surface area contributed by atoms with Crippen LogP contribution in [0.4, 0.5) is 0 Å². The first-order valence-electron chi connectivity index (χ1n) is 2.21. The minimum atomic E-state index is -2.22. The Kier molecular flexibility index (Phi) is 3.90. The zero-order chi connectivity index (χ0) is 7.28. The lowest BCUT2D eigenvalue weighted by Gasteiger charge is -2.01. The van der Waals surface area contributed by atoms with E-state index in [9.17, 15) is 8.76 Å². The van der Waals surface area contributed by atoms with Gasteiger partial charge in [-0.1, -0.05) is 6.08 Å². The zero-order valence-electron chi connectivity index (χ0n) is 4.90. The Bertz CT molecular complexity index is 164.